The second-order valence-corrected chi connectivity index (χ2v) is 7.66. The lowest BCUT2D eigenvalue weighted by atomic mass is 10.1. The number of para-hydroxylation sites is 2. The summed E-state index contributed by atoms with van der Waals surface area (Å²) in [4.78, 5) is 41.3. The van der Waals surface area contributed by atoms with Crippen molar-refractivity contribution in [2.75, 3.05) is 5.32 Å². The number of aromatic nitrogens is 2. The molecule has 8 heteroatoms. The number of benzene rings is 2. The molecule has 1 aromatic heterocycles. The summed E-state index contributed by atoms with van der Waals surface area (Å²) in [7, 11) is 0. The zero-order chi connectivity index (χ0) is 21.0. The molecule has 0 aliphatic heterocycles. The van der Waals surface area contributed by atoms with Crippen molar-refractivity contribution >= 4 is 29.3 Å². The van der Waals surface area contributed by atoms with Crippen LogP contribution >= 0.6 is 11.8 Å². The van der Waals surface area contributed by atoms with Gasteiger partial charge in [-0.05, 0) is 38.1 Å². The fourth-order valence-electron chi connectivity index (χ4n) is 2.72. The van der Waals surface area contributed by atoms with Gasteiger partial charge in [-0.3, -0.25) is 19.0 Å². The lowest BCUT2D eigenvalue weighted by Gasteiger charge is -2.16. The highest BCUT2D eigenvalue weighted by Crippen LogP contribution is 2.25. The predicted octanol–water partition coefficient (Wildman–Crippen LogP) is 2.76. The third-order valence-electron chi connectivity index (χ3n) is 4.13. The van der Waals surface area contributed by atoms with Crippen molar-refractivity contribution in [1.82, 2.24) is 9.55 Å². The second-order valence-electron chi connectivity index (χ2n) is 6.35. The molecule has 29 heavy (non-hydrogen) atoms. The van der Waals surface area contributed by atoms with Gasteiger partial charge in [-0.25, -0.2) is 4.98 Å². The van der Waals surface area contributed by atoms with Gasteiger partial charge < -0.3 is 11.1 Å². The van der Waals surface area contributed by atoms with E-state index in [0.717, 1.165) is 11.8 Å². The number of carbonyl (C=O) groups is 2. The van der Waals surface area contributed by atoms with Gasteiger partial charge in [0, 0.05) is 11.8 Å². The molecule has 148 valence electrons. The van der Waals surface area contributed by atoms with Gasteiger partial charge in [-0.2, -0.15) is 0 Å². The highest BCUT2D eigenvalue weighted by Gasteiger charge is 2.20. The summed E-state index contributed by atoms with van der Waals surface area (Å²) < 4.78 is 1.47. The first kappa shape index (κ1) is 20.3. The number of carbonyl (C=O) groups excluding carboxylic acids is 2. The van der Waals surface area contributed by atoms with Crippen molar-refractivity contribution in [2.45, 2.75) is 24.3 Å². The molecule has 0 fully saturated rings. The van der Waals surface area contributed by atoms with Gasteiger partial charge in [-0.15, -0.1) is 0 Å². The molecular formula is C21H20N4O3S. The van der Waals surface area contributed by atoms with Crippen LogP contribution in [0.3, 0.4) is 0 Å². The number of anilines is 1. The minimum Gasteiger partial charge on any atom is -0.366 e. The Morgan fingerprint density at radius 1 is 1.10 bits per heavy atom. The van der Waals surface area contributed by atoms with Crippen LogP contribution in [-0.2, 0) is 4.79 Å². The summed E-state index contributed by atoms with van der Waals surface area (Å²) in [6.45, 7) is 3.44. The monoisotopic (exact) mass is 408 g/mol. The number of nitrogens with zero attached hydrogens (tertiary/aromatic N) is 2. The molecule has 2 aromatic carbocycles. The van der Waals surface area contributed by atoms with Gasteiger partial charge in [0.25, 0.3) is 11.5 Å². The van der Waals surface area contributed by atoms with Gasteiger partial charge in [0.15, 0.2) is 5.16 Å². The molecule has 0 aliphatic rings. The van der Waals surface area contributed by atoms with Crippen LogP contribution in [0.15, 0.2) is 70.6 Å². The predicted molar refractivity (Wildman–Crippen MR) is 113 cm³/mol. The molecule has 0 bridgehead atoms. The summed E-state index contributed by atoms with van der Waals surface area (Å²) in [6, 6.07) is 17.1. The van der Waals surface area contributed by atoms with Crippen molar-refractivity contribution in [3.63, 3.8) is 0 Å². The van der Waals surface area contributed by atoms with E-state index >= 15 is 0 Å². The normalized spacial score (nSPS) is 11.7. The van der Waals surface area contributed by atoms with Crippen molar-refractivity contribution in [3.8, 4) is 5.69 Å². The van der Waals surface area contributed by atoms with Crippen molar-refractivity contribution in [1.29, 1.82) is 0 Å². The number of thioether (sulfide) groups is 1. The van der Waals surface area contributed by atoms with E-state index < -0.39 is 11.2 Å². The zero-order valence-corrected chi connectivity index (χ0v) is 16.8. The van der Waals surface area contributed by atoms with E-state index in [9.17, 15) is 14.4 Å². The number of nitrogens with one attached hydrogen (secondary N) is 1. The Morgan fingerprint density at radius 3 is 2.45 bits per heavy atom. The van der Waals surface area contributed by atoms with E-state index in [2.05, 4.69) is 10.3 Å². The molecule has 0 saturated carbocycles. The Morgan fingerprint density at radius 2 is 1.76 bits per heavy atom. The Bertz CT molecular complexity index is 1110. The SMILES string of the molecule is Cc1cc(=O)n(-c2ccccc2)c(SC(C)C(=O)Nc2ccccc2C(N)=O)n1. The number of hydrogen-bond acceptors (Lipinski definition) is 5. The van der Waals surface area contributed by atoms with E-state index in [1.807, 2.05) is 18.2 Å². The molecule has 1 heterocycles. The Labute approximate surface area is 172 Å². The van der Waals surface area contributed by atoms with Gasteiger partial charge in [0.05, 0.1) is 22.2 Å². The van der Waals surface area contributed by atoms with Crippen LogP contribution < -0.4 is 16.6 Å². The molecular weight excluding hydrogens is 388 g/mol. The van der Waals surface area contributed by atoms with E-state index in [4.69, 9.17) is 5.73 Å². The first-order valence-corrected chi connectivity index (χ1v) is 9.77. The van der Waals surface area contributed by atoms with Crippen LogP contribution in [0.25, 0.3) is 5.69 Å². The summed E-state index contributed by atoms with van der Waals surface area (Å²) in [5, 5.41) is 2.55. The van der Waals surface area contributed by atoms with Gasteiger partial charge in [0.2, 0.25) is 5.91 Å². The molecule has 1 unspecified atom stereocenters. The van der Waals surface area contributed by atoms with Crippen molar-refractivity contribution < 1.29 is 9.59 Å². The third kappa shape index (κ3) is 4.72. The molecule has 1 atom stereocenters. The molecule has 3 aromatic rings. The highest BCUT2D eigenvalue weighted by atomic mass is 32.2. The zero-order valence-electron chi connectivity index (χ0n) is 16.0. The minimum absolute atomic E-state index is 0.224. The van der Waals surface area contributed by atoms with E-state index in [1.54, 1.807) is 50.2 Å². The Hall–Kier alpha value is -3.39. The van der Waals surface area contributed by atoms with Gasteiger partial charge in [0.1, 0.15) is 0 Å². The van der Waals surface area contributed by atoms with Crippen LogP contribution in [0.5, 0.6) is 0 Å². The number of aryl methyl sites for hydroxylation is 1. The van der Waals surface area contributed by atoms with Gasteiger partial charge in [-0.1, -0.05) is 42.1 Å². The molecule has 0 saturated heterocycles. The smallest absolute Gasteiger partial charge is 0.258 e. The average Bonchev–Trinajstić information content (AvgIpc) is 2.68. The molecule has 0 spiro atoms. The molecule has 2 amide bonds. The maximum atomic E-state index is 12.7. The Kier molecular flexibility index (Phi) is 6.13. The lowest BCUT2D eigenvalue weighted by Crippen LogP contribution is -2.27. The number of primary amides is 1. The van der Waals surface area contributed by atoms with Crippen molar-refractivity contribution in [3.05, 3.63) is 82.3 Å². The second kappa shape index (κ2) is 8.74. The number of nitrogens with two attached hydrogens (primary N) is 1. The van der Waals surface area contributed by atoms with Crippen LogP contribution in [-0.4, -0.2) is 26.6 Å². The quantitative estimate of drug-likeness (QED) is 0.482. The fourth-order valence-corrected chi connectivity index (χ4v) is 3.70. The molecule has 0 radical (unpaired) electrons. The largest absolute Gasteiger partial charge is 0.366 e. The van der Waals surface area contributed by atoms with Crippen LogP contribution in [0.2, 0.25) is 0 Å². The third-order valence-corrected chi connectivity index (χ3v) is 5.18. The van der Waals surface area contributed by atoms with Crippen molar-refractivity contribution in [2.24, 2.45) is 5.73 Å². The van der Waals surface area contributed by atoms with Gasteiger partial charge >= 0.3 is 0 Å². The molecule has 7 nitrogen and oxygen atoms in total. The average molecular weight is 408 g/mol. The topological polar surface area (TPSA) is 107 Å². The van der Waals surface area contributed by atoms with E-state index in [-0.39, 0.29) is 17.0 Å². The molecule has 0 aliphatic carbocycles. The minimum atomic E-state index is -0.625. The Balaban J connectivity index is 1.88. The summed E-state index contributed by atoms with van der Waals surface area (Å²) >= 11 is 1.16. The first-order valence-electron chi connectivity index (χ1n) is 8.89. The van der Waals surface area contributed by atoms with E-state index in [1.165, 1.54) is 10.6 Å². The van der Waals surface area contributed by atoms with Crippen LogP contribution in [0.1, 0.15) is 23.0 Å². The summed E-state index contributed by atoms with van der Waals surface area (Å²) in [6.07, 6.45) is 0. The summed E-state index contributed by atoms with van der Waals surface area (Å²) in [5.41, 5.74) is 6.94. The summed E-state index contributed by atoms with van der Waals surface area (Å²) in [5.74, 6) is -0.960. The molecule has 3 rings (SSSR count). The standard InChI is InChI=1S/C21H20N4O3S/c1-13-12-18(26)25(15-8-4-3-5-9-15)21(23-13)29-14(2)20(28)24-17-11-7-6-10-16(17)19(22)27/h3-12,14H,1-2H3,(H2,22,27)(H,24,28). The number of rotatable bonds is 6. The van der Waals surface area contributed by atoms with Crippen LogP contribution in [0, 0.1) is 6.92 Å². The maximum Gasteiger partial charge on any atom is 0.258 e. The molecule has 3 N–H and O–H groups in total. The fraction of sp³-hybridized carbons (Fsp3) is 0.143. The highest BCUT2D eigenvalue weighted by molar-refractivity contribution is 8.00. The first-order chi connectivity index (χ1) is 13.9. The van der Waals surface area contributed by atoms with Crippen LogP contribution in [0.4, 0.5) is 5.69 Å². The van der Waals surface area contributed by atoms with E-state index in [0.29, 0.717) is 22.2 Å². The maximum absolute atomic E-state index is 12.7. The number of amides is 2. The number of hydrogen-bond donors (Lipinski definition) is 2. The lowest BCUT2D eigenvalue weighted by molar-refractivity contribution is -0.115.